The molecule has 0 aromatic heterocycles. The molecule has 4 nitrogen and oxygen atoms in total. The van der Waals surface area contributed by atoms with Crippen LogP contribution in [0.25, 0.3) is 0 Å². The minimum Gasteiger partial charge on any atom is -0.379 e. The maximum Gasteiger partial charge on any atom is 0.0594 e. The normalized spacial score (nSPS) is 19.0. The van der Waals surface area contributed by atoms with Crippen LogP contribution in [0.15, 0.2) is 28.7 Å². The molecule has 1 aromatic carbocycles. The number of halogens is 1. The summed E-state index contributed by atoms with van der Waals surface area (Å²) in [7, 11) is 0. The SMILES string of the molecule is CC(C)(C(Cc1ccc(Br)cc1)NN)N1CCOCC1. The fourth-order valence-corrected chi connectivity index (χ4v) is 2.99. The Morgan fingerprint density at radius 3 is 2.45 bits per heavy atom. The number of rotatable bonds is 5. The molecule has 1 unspecified atom stereocenters. The largest absolute Gasteiger partial charge is 0.379 e. The Balaban J connectivity index is 2.07. The molecule has 3 N–H and O–H groups in total. The highest BCUT2D eigenvalue weighted by molar-refractivity contribution is 9.10. The zero-order chi connectivity index (χ0) is 14.6. The molecule has 1 aliphatic rings. The summed E-state index contributed by atoms with van der Waals surface area (Å²) >= 11 is 3.47. The molecule has 0 bridgehead atoms. The van der Waals surface area contributed by atoms with Crippen LogP contribution in [0, 0.1) is 0 Å². The van der Waals surface area contributed by atoms with Gasteiger partial charge in [0.2, 0.25) is 0 Å². The van der Waals surface area contributed by atoms with Crippen molar-refractivity contribution in [3.63, 3.8) is 0 Å². The number of hydrogen-bond acceptors (Lipinski definition) is 4. The Kier molecular flexibility index (Phi) is 5.57. The number of nitrogens with two attached hydrogens (primary N) is 1. The number of nitrogens with one attached hydrogen (secondary N) is 1. The minimum atomic E-state index is -0.00833. The van der Waals surface area contributed by atoms with Gasteiger partial charge in [-0.1, -0.05) is 28.1 Å². The molecule has 112 valence electrons. The zero-order valence-corrected chi connectivity index (χ0v) is 13.8. The molecular weight excluding hydrogens is 318 g/mol. The van der Waals surface area contributed by atoms with Crippen LogP contribution < -0.4 is 11.3 Å². The van der Waals surface area contributed by atoms with Crippen molar-refractivity contribution in [1.82, 2.24) is 10.3 Å². The van der Waals surface area contributed by atoms with Crippen LogP contribution in [0.1, 0.15) is 19.4 Å². The van der Waals surface area contributed by atoms with Crippen LogP contribution in [0.2, 0.25) is 0 Å². The predicted molar refractivity (Wildman–Crippen MR) is 85.4 cm³/mol. The topological polar surface area (TPSA) is 50.5 Å². The second-order valence-corrected chi connectivity index (χ2v) is 6.72. The minimum absolute atomic E-state index is 0.00833. The van der Waals surface area contributed by atoms with Crippen molar-refractivity contribution in [2.45, 2.75) is 31.8 Å². The van der Waals surface area contributed by atoms with Gasteiger partial charge in [-0.2, -0.15) is 0 Å². The third-order valence-electron chi connectivity index (χ3n) is 4.23. The molecule has 1 aliphatic heterocycles. The smallest absolute Gasteiger partial charge is 0.0594 e. The van der Waals surface area contributed by atoms with E-state index < -0.39 is 0 Å². The standard InChI is InChI=1S/C15H24BrN3O/c1-15(2,19-7-9-20-10-8-19)14(18-17)11-12-3-5-13(16)6-4-12/h3-6,14,18H,7-11,17H2,1-2H3. The van der Waals surface area contributed by atoms with Crippen LogP contribution >= 0.6 is 15.9 Å². The van der Waals surface area contributed by atoms with Gasteiger partial charge in [-0.3, -0.25) is 16.2 Å². The van der Waals surface area contributed by atoms with E-state index in [-0.39, 0.29) is 11.6 Å². The quantitative estimate of drug-likeness (QED) is 0.634. The molecule has 1 saturated heterocycles. The van der Waals surface area contributed by atoms with Gasteiger partial charge in [0.15, 0.2) is 0 Å². The zero-order valence-electron chi connectivity index (χ0n) is 12.2. The molecule has 5 heteroatoms. The van der Waals surface area contributed by atoms with E-state index in [4.69, 9.17) is 10.6 Å². The number of hydrogen-bond donors (Lipinski definition) is 2. The molecule has 1 heterocycles. The third-order valence-corrected chi connectivity index (χ3v) is 4.76. The summed E-state index contributed by atoms with van der Waals surface area (Å²) in [6.07, 6.45) is 0.911. The van der Waals surface area contributed by atoms with E-state index >= 15 is 0 Å². The van der Waals surface area contributed by atoms with Gasteiger partial charge >= 0.3 is 0 Å². The van der Waals surface area contributed by atoms with E-state index in [1.165, 1.54) is 5.56 Å². The lowest BCUT2D eigenvalue weighted by molar-refractivity contribution is -0.0233. The maximum atomic E-state index is 5.83. The first-order chi connectivity index (χ1) is 9.54. The average Bonchev–Trinajstić information content (AvgIpc) is 2.47. The Bertz CT molecular complexity index is 416. The van der Waals surface area contributed by atoms with Gasteiger partial charge in [-0.25, -0.2) is 0 Å². The fourth-order valence-electron chi connectivity index (χ4n) is 2.73. The van der Waals surface area contributed by atoms with Gasteiger partial charge in [-0.05, 0) is 38.0 Å². The summed E-state index contributed by atoms with van der Waals surface area (Å²) in [5.74, 6) is 5.83. The molecule has 0 spiro atoms. The maximum absolute atomic E-state index is 5.83. The van der Waals surface area contributed by atoms with Gasteiger partial charge in [0.25, 0.3) is 0 Å². The molecule has 1 aromatic rings. The molecule has 0 radical (unpaired) electrons. The first-order valence-electron chi connectivity index (χ1n) is 7.07. The van der Waals surface area contributed by atoms with E-state index in [1.54, 1.807) is 0 Å². The summed E-state index contributed by atoms with van der Waals surface area (Å²) in [5, 5.41) is 0. The lowest BCUT2D eigenvalue weighted by atomic mass is 9.87. The van der Waals surface area contributed by atoms with Crippen molar-refractivity contribution in [2.24, 2.45) is 5.84 Å². The van der Waals surface area contributed by atoms with Crippen LogP contribution in [-0.4, -0.2) is 42.8 Å². The number of benzene rings is 1. The Morgan fingerprint density at radius 1 is 1.30 bits per heavy atom. The summed E-state index contributed by atoms with van der Waals surface area (Å²) in [6, 6.07) is 8.63. The Labute approximate surface area is 129 Å². The number of hydrazine groups is 1. The van der Waals surface area contributed by atoms with Gasteiger partial charge < -0.3 is 4.74 Å². The molecular formula is C15H24BrN3O. The molecule has 2 rings (SSSR count). The molecule has 0 amide bonds. The van der Waals surface area contributed by atoms with E-state index in [1.807, 2.05) is 0 Å². The van der Waals surface area contributed by atoms with E-state index in [0.717, 1.165) is 37.2 Å². The molecule has 20 heavy (non-hydrogen) atoms. The number of morpholine rings is 1. The number of ether oxygens (including phenoxy) is 1. The lowest BCUT2D eigenvalue weighted by Crippen LogP contribution is -2.62. The average molecular weight is 342 g/mol. The summed E-state index contributed by atoms with van der Waals surface area (Å²) in [4.78, 5) is 2.46. The van der Waals surface area contributed by atoms with Gasteiger partial charge in [0.1, 0.15) is 0 Å². The van der Waals surface area contributed by atoms with Gasteiger partial charge in [0.05, 0.1) is 13.2 Å². The van der Waals surface area contributed by atoms with E-state index in [0.29, 0.717) is 0 Å². The molecule has 1 fully saturated rings. The molecule has 0 saturated carbocycles. The Morgan fingerprint density at radius 2 is 1.90 bits per heavy atom. The summed E-state index contributed by atoms with van der Waals surface area (Å²) in [5.41, 5.74) is 4.29. The monoisotopic (exact) mass is 341 g/mol. The van der Waals surface area contributed by atoms with E-state index in [9.17, 15) is 0 Å². The number of nitrogens with zero attached hydrogens (tertiary/aromatic N) is 1. The van der Waals surface area contributed by atoms with Gasteiger partial charge in [0, 0.05) is 29.1 Å². The van der Waals surface area contributed by atoms with Gasteiger partial charge in [-0.15, -0.1) is 0 Å². The first kappa shape index (κ1) is 15.9. The predicted octanol–water partition coefficient (Wildman–Crippen LogP) is 1.93. The second-order valence-electron chi connectivity index (χ2n) is 5.80. The summed E-state index contributed by atoms with van der Waals surface area (Å²) in [6.45, 7) is 8.04. The van der Waals surface area contributed by atoms with Crippen molar-refractivity contribution in [3.05, 3.63) is 34.3 Å². The van der Waals surface area contributed by atoms with Crippen molar-refractivity contribution in [2.75, 3.05) is 26.3 Å². The highest BCUT2D eigenvalue weighted by atomic mass is 79.9. The molecule has 1 atom stereocenters. The molecule has 0 aliphatic carbocycles. The van der Waals surface area contributed by atoms with E-state index in [2.05, 4.69) is 64.4 Å². The van der Waals surface area contributed by atoms with Crippen LogP contribution in [0.4, 0.5) is 0 Å². The highest BCUT2D eigenvalue weighted by Crippen LogP contribution is 2.23. The van der Waals surface area contributed by atoms with Crippen molar-refractivity contribution < 1.29 is 4.74 Å². The van der Waals surface area contributed by atoms with Crippen LogP contribution in [-0.2, 0) is 11.2 Å². The Hall–Kier alpha value is -0.460. The van der Waals surface area contributed by atoms with Crippen molar-refractivity contribution in [1.29, 1.82) is 0 Å². The highest BCUT2D eigenvalue weighted by Gasteiger charge is 2.35. The summed E-state index contributed by atoms with van der Waals surface area (Å²) < 4.78 is 6.54. The second kappa shape index (κ2) is 7.00. The third kappa shape index (κ3) is 3.80. The van der Waals surface area contributed by atoms with Crippen molar-refractivity contribution in [3.8, 4) is 0 Å². The fraction of sp³-hybridized carbons (Fsp3) is 0.600. The van der Waals surface area contributed by atoms with Crippen molar-refractivity contribution >= 4 is 15.9 Å². The first-order valence-corrected chi connectivity index (χ1v) is 7.86. The van der Waals surface area contributed by atoms with Crippen LogP contribution in [0.3, 0.4) is 0 Å². The van der Waals surface area contributed by atoms with Crippen LogP contribution in [0.5, 0.6) is 0 Å². The lowest BCUT2D eigenvalue weighted by Gasteiger charge is -2.45.